The molecule has 0 N–H and O–H groups in total. The molecule has 1 aromatic heterocycles. The van der Waals surface area contributed by atoms with Gasteiger partial charge in [0.2, 0.25) is 0 Å². The SMILES string of the molecule is CON=C(c1ccccc1)c1ccc2c(c1)sc(=O)n2CCOc1ccc(OC(C)(C)C(=O)OC)cc1. The van der Waals surface area contributed by atoms with E-state index in [4.69, 9.17) is 19.0 Å². The molecule has 9 heteroatoms. The van der Waals surface area contributed by atoms with Crippen LogP contribution in [0.2, 0.25) is 0 Å². The van der Waals surface area contributed by atoms with Gasteiger partial charge < -0.3 is 19.0 Å². The van der Waals surface area contributed by atoms with Gasteiger partial charge in [0.05, 0.1) is 23.9 Å². The van der Waals surface area contributed by atoms with Gasteiger partial charge in [-0.1, -0.05) is 52.9 Å². The second-order valence-corrected chi connectivity index (χ2v) is 9.61. The highest BCUT2D eigenvalue weighted by atomic mass is 32.1. The van der Waals surface area contributed by atoms with Crippen LogP contribution in [-0.2, 0) is 20.9 Å². The fourth-order valence-corrected chi connectivity index (χ4v) is 4.78. The number of hydrogen-bond donors (Lipinski definition) is 0. The molecule has 0 spiro atoms. The summed E-state index contributed by atoms with van der Waals surface area (Å²) in [5, 5.41) is 4.21. The maximum atomic E-state index is 12.7. The molecule has 0 fully saturated rings. The van der Waals surface area contributed by atoms with E-state index in [1.54, 1.807) is 42.7 Å². The Hall–Kier alpha value is -4.11. The summed E-state index contributed by atoms with van der Waals surface area (Å²) in [7, 11) is 2.84. The summed E-state index contributed by atoms with van der Waals surface area (Å²) >= 11 is 1.18. The number of carbonyl (C=O) groups is 1. The first-order valence-electron chi connectivity index (χ1n) is 11.6. The Morgan fingerprint density at radius 2 is 1.65 bits per heavy atom. The lowest BCUT2D eigenvalue weighted by atomic mass is 10.0. The largest absolute Gasteiger partial charge is 0.492 e. The predicted octanol–water partition coefficient (Wildman–Crippen LogP) is 4.87. The molecule has 37 heavy (non-hydrogen) atoms. The average molecular weight is 521 g/mol. The molecule has 0 saturated carbocycles. The quantitative estimate of drug-likeness (QED) is 0.168. The lowest BCUT2D eigenvalue weighted by Crippen LogP contribution is -2.39. The molecule has 0 bridgehead atoms. The molecule has 0 unspecified atom stereocenters. The van der Waals surface area contributed by atoms with Crippen LogP contribution in [0.3, 0.4) is 0 Å². The van der Waals surface area contributed by atoms with Crippen LogP contribution in [0.25, 0.3) is 10.2 Å². The number of hydrogen-bond acceptors (Lipinski definition) is 8. The van der Waals surface area contributed by atoms with Gasteiger partial charge in [0.15, 0.2) is 5.60 Å². The zero-order valence-electron chi connectivity index (χ0n) is 21.1. The second kappa shape index (κ2) is 11.3. The summed E-state index contributed by atoms with van der Waals surface area (Å²) in [5.41, 5.74) is 2.22. The Kier molecular flexibility index (Phi) is 7.93. The number of aromatic nitrogens is 1. The molecule has 0 aliphatic heterocycles. The minimum atomic E-state index is -1.10. The number of benzene rings is 3. The third-order valence-corrected chi connectivity index (χ3v) is 6.57. The van der Waals surface area contributed by atoms with E-state index in [0.717, 1.165) is 21.3 Å². The van der Waals surface area contributed by atoms with Crippen LogP contribution < -0.4 is 14.3 Å². The molecule has 0 aliphatic rings. The van der Waals surface area contributed by atoms with E-state index >= 15 is 0 Å². The van der Waals surface area contributed by atoms with Gasteiger partial charge in [-0.05, 0) is 50.2 Å². The van der Waals surface area contributed by atoms with E-state index in [1.807, 2.05) is 48.5 Å². The second-order valence-electron chi connectivity index (χ2n) is 8.61. The molecule has 0 aliphatic carbocycles. The van der Waals surface area contributed by atoms with Crippen LogP contribution in [0.4, 0.5) is 0 Å². The third-order valence-electron chi connectivity index (χ3n) is 5.63. The zero-order chi connectivity index (χ0) is 26.4. The highest BCUT2D eigenvalue weighted by Gasteiger charge is 2.31. The van der Waals surface area contributed by atoms with Gasteiger partial charge in [-0.2, -0.15) is 0 Å². The van der Waals surface area contributed by atoms with Gasteiger partial charge in [0.1, 0.15) is 30.9 Å². The first-order chi connectivity index (χ1) is 17.8. The molecule has 0 saturated heterocycles. The van der Waals surface area contributed by atoms with E-state index in [0.29, 0.717) is 30.4 Å². The van der Waals surface area contributed by atoms with E-state index < -0.39 is 11.6 Å². The summed E-state index contributed by atoms with van der Waals surface area (Å²) in [4.78, 5) is 29.6. The maximum absolute atomic E-state index is 12.7. The van der Waals surface area contributed by atoms with Crippen molar-refractivity contribution in [1.82, 2.24) is 4.57 Å². The monoisotopic (exact) mass is 520 g/mol. The molecule has 3 aromatic carbocycles. The van der Waals surface area contributed by atoms with Crippen molar-refractivity contribution < 1.29 is 23.8 Å². The van der Waals surface area contributed by atoms with Gasteiger partial charge >= 0.3 is 10.8 Å². The smallest absolute Gasteiger partial charge is 0.349 e. The van der Waals surface area contributed by atoms with E-state index in [2.05, 4.69) is 5.16 Å². The number of fused-ring (bicyclic) bond motifs is 1. The number of thiazole rings is 1. The standard InChI is InChI=1S/C28H28N2O6S/c1-28(2,26(31)33-3)36-22-13-11-21(12-14-22)35-17-16-30-23-15-10-20(18-24(23)37-27(30)32)25(29-34-4)19-8-6-5-7-9-19/h5-15,18H,16-17H2,1-4H3. The summed E-state index contributed by atoms with van der Waals surface area (Å²) in [6.45, 7) is 3.98. The van der Waals surface area contributed by atoms with E-state index in [9.17, 15) is 9.59 Å². The zero-order valence-corrected chi connectivity index (χ0v) is 21.9. The van der Waals surface area contributed by atoms with Crippen LogP contribution in [0, 0.1) is 0 Å². The number of ether oxygens (including phenoxy) is 3. The van der Waals surface area contributed by atoms with Crippen molar-refractivity contribution in [2.45, 2.75) is 26.0 Å². The molecule has 192 valence electrons. The Bertz CT molecular complexity index is 1460. The van der Waals surface area contributed by atoms with Gasteiger partial charge in [-0.25, -0.2) is 4.79 Å². The minimum Gasteiger partial charge on any atom is -0.492 e. The first kappa shape index (κ1) is 26.0. The number of methoxy groups -OCH3 is 1. The van der Waals surface area contributed by atoms with Crippen LogP contribution in [-0.4, -0.2) is 42.7 Å². The van der Waals surface area contributed by atoms with Crippen molar-refractivity contribution >= 4 is 33.2 Å². The lowest BCUT2D eigenvalue weighted by molar-refractivity contribution is -0.156. The van der Waals surface area contributed by atoms with Gasteiger partial charge in [-0.3, -0.25) is 9.36 Å². The molecular formula is C28H28N2O6S. The van der Waals surface area contributed by atoms with E-state index in [1.165, 1.54) is 25.6 Å². The molecule has 4 rings (SSSR count). The number of esters is 1. The number of rotatable bonds is 10. The van der Waals surface area contributed by atoms with Crippen LogP contribution in [0.1, 0.15) is 25.0 Å². The Balaban J connectivity index is 1.44. The van der Waals surface area contributed by atoms with Gasteiger partial charge in [-0.15, -0.1) is 0 Å². The molecule has 0 radical (unpaired) electrons. The highest BCUT2D eigenvalue weighted by Crippen LogP contribution is 2.24. The van der Waals surface area contributed by atoms with Crippen molar-refractivity contribution in [3.05, 3.63) is 93.6 Å². The predicted molar refractivity (Wildman–Crippen MR) is 144 cm³/mol. The Morgan fingerprint density at radius 1 is 0.946 bits per heavy atom. The van der Waals surface area contributed by atoms with Crippen molar-refractivity contribution in [2.75, 3.05) is 20.8 Å². The fourth-order valence-electron chi connectivity index (χ4n) is 3.83. The Morgan fingerprint density at radius 3 is 2.32 bits per heavy atom. The number of carbonyl (C=O) groups excluding carboxylic acids is 1. The van der Waals surface area contributed by atoms with Gasteiger partial charge in [0, 0.05) is 11.1 Å². The number of nitrogens with zero attached hydrogens (tertiary/aromatic N) is 2. The van der Waals surface area contributed by atoms with Crippen LogP contribution in [0.15, 0.2) is 82.7 Å². The van der Waals surface area contributed by atoms with E-state index in [-0.39, 0.29) is 4.87 Å². The Labute approximate surface area is 218 Å². The molecule has 0 amide bonds. The van der Waals surface area contributed by atoms with Crippen molar-refractivity contribution in [3.63, 3.8) is 0 Å². The summed E-state index contributed by atoms with van der Waals surface area (Å²) < 4.78 is 18.9. The fraction of sp³-hybridized carbons (Fsp3) is 0.250. The van der Waals surface area contributed by atoms with Gasteiger partial charge in [0.25, 0.3) is 0 Å². The van der Waals surface area contributed by atoms with Crippen molar-refractivity contribution in [3.8, 4) is 11.5 Å². The first-order valence-corrected chi connectivity index (χ1v) is 12.4. The summed E-state index contributed by atoms with van der Waals surface area (Å²) in [6, 6.07) is 22.5. The molecular weight excluding hydrogens is 492 g/mol. The lowest BCUT2D eigenvalue weighted by Gasteiger charge is -2.23. The third kappa shape index (κ3) is 6.00. The normalized spacial score (nSPS) is 11.8. The van der Waals surface area contributed by atoms with Crippen molar-refractivity contribution in [2.24, 2.45) is 5.16 Å². The highest BCUT2D eigenvalue weighted by molar-refractivity contribution is 7.16. The molecule has 8 nitrogen and oxygen atoms in total. The molecule has 4 aromatic rings. The topological polar surface area (TPSA) is 88.4 Å². The maximum Gasteiger partial charge on any atom is 0.349 e. The van der Waals surface area contributed by atoms with Crippen molar-refractivity contribution in [1.29, 1.82) is 0 Å². The summed E-state index contributed by atoms with van der Waals surface area (Å²) in [5.74, 6) is 0.683. The van der Waals surface area contributed by atoms with Crippen LogP contribution >= 0.6 is 11.3 Å². The average Bonchev–Trinajstić information content (AvgIpc) is 3.22. The minimum absolute atomic E-state index is 0.0607. The molecule has 0 atom stereocenters. The number of oxime groups is 1. The van der Waals surface area contributed by atoms with Crippen LogP contribution in [0.5, 0.6) is 11.5 Å². The molecule has 1 heterocycles. The summed E-state index contributed by atoms with van der Waals surface area (Å²) in [6.07, 6.45) is 0.